The summed E-state index contributed by atoms with van der Waals surface area (Å²) in [6.07, 6.45) is 0. The van der Waals surface area contributed by atoms with Crippen LogP contribution in [-0.4, -0.2) is 24.5 Å². The molecule has 0 saturated carbocycles. The van der Waals surface area contributed by atoms with E-state index in [1.165, 1.54) is 0 Å². The van der Waals surface area contributed by atoms with Gasteiger partial charge < -0.3 is 15.4 Å². The van der Waals surface area contributed by atoms with Crippen molar-refractivity contribution in [3.8, 4) is 5.75 Å². The molecule has 0 radical (unpaired) electrons. The number of carbonyl (C=O) groups is 2. The molecule has 0 aliphatic heterocycles. The molecule has 2 aromatic carbocycles. The van der Waals surface area contributed by atoms with Crippen LogP contribution in [0.4, 0.5) is 5.69 Å². The SMILES string of the molecule is CCOc1ccccc1C(=O)N[C@@H](C(=O)Nc1cccc(Cl)c1C)C(C)C. The molecule has 0 saturated heterocycles. The Morgan fingerprint density at radius 2 is 1.81 bits per heavy atom. The Balaban J connectivity index is 2.19. The maximum atomic E-state index is 12.8. The first-order valence-electron chi connectivity index (χ1n) is 8.93. The molecule has 0 aromatic heterocycles. The number of amides is 2. The third-order valence-electron chi connectivity index (χ3n) is 4.19. The van der Waals surface area contributed by atoms with E-state index in [4.69, 9.17) is 16.3 Å². The maximum absolute atomic E-state index is 12.8. The fraction of sp³-hybridized carbons (Fsp3) is 0.333. The number of para-hydroxylation sites is 1. The van der Waals surface area contributed by atoms with Gasteiger partial charge in [-0.1, -0.05) is 43.6 Å². The average molecular weight is 389 g/mol. The van der Waals surface area contributed by atoms with Gasteiger partial charge in [-0.15, -0.1) is 0 Å². The molecule has 0 fully saturated rings. The first-order valence-corrected chi connectivity index (χ1v) is 9.31. The van der Waals surface area contributed by atoms with Crippen molar-refractivity contribution in [1.29, 1.82) is 0 Å². The summed E-state index contributed by atoms with van der Waals surface area (Å²) in [5, 5.41) is 6.25. The predicted molar refractivity (Wildman–Crippen MR) is 109 cm³/mol. The van der Waals surface area contributed by atoms with Crippen molar-refractivity contribution >= 4 is 29.1 Å². The first-order chi connectivity index (χ1) is 12.8. The molecule has 2 N–H and O–H groups in total. The molecule has 2 aromatic rings. The van der Waals surface area contributed by atoms with Gasteiger partial charge in [-0.05, 0) is 49.6 Å². The largest absolute Gasteiger partial charge is 0.493 e. The monoisotopic (exact) mass is 388 g/mol. The summed E-state index contributed by atoms with van der Waals surface area (Å²) in [7, 11) is 0. The van der Waals surface area contributed by atoms with E-state index in [2.05, 4.69) is 10.6 Å². The van der Waals surface area contributed by atoms with Gasteiger partial charge in [0.05, 0.1) is 12.2 Å². The molecule has 0 aliphatic rings. The summed E-state index contributed by atoms with van der Waals surface area (Å²) < 4.78 is 5.51. The summed E-state index contributed by atoms with van der Waals surface area (Å²) in [4.78, 5) is 25.5. The van der Waals surface area contributed by atoms with E-state index in [1.807, 2.05) is 27.7 Å². The molecule has 1 atom stereocenters. The Morgan fingerprint density at radius 1 is 1.11 bits per heavy atom. The number of rotatable bonds is 7. The van der Waals surface area contributed by atoms with Crippen LogP contribution in [0.2, 0.25) is 5.02 Å². The summed E-state index contributed by atoms with van der Waals surface area (Å²) in [6.45, 7) is 7.89. The second kappa shape index (κ2) is 9.42. The van der Waals surface area contributed by atoms with Gasteiger partial charge in [0, 0.05) is 10.7 Å². The molecule has 6 heteroatoms. The second-order valence-electron chi connectivity index (χ2n) is 6.53. The lowest BCUT2D eigenvalue weighted by Gasteiger charge is -2.23. The smallest absolute Gasteiger partial charge is 0.255 e. The highest BCUT2D eigenvalue weighted by Crippen LogP contribution is 2.24. The van der Waals surface area contributed by atoms with Crippen molar-refractivity contribution in [2.45, 2.75) is 33.7 Å². The number of carbonyl (C=O) groups excluding carboxylic acids is 2. The Morgan fingerprint density at radius 3 is 2.48 bits per heavy atom. The third-order valence-corrected chi connectivity index (χ3v) is 4.60. The Hall–Kier alpha value is -2.53. The second-order valence-corrected chi connectivity index (χ2v) is 6.93. The number of benzene rings is 2. The normalized spacial score (nSPS) is 11.8. The number of halogens is 1. The van der Waals surface area contributed by atoms with Crippen LogP contribution >= 0.6 is 11.6 Å². The molecule has 2 amide bonds. The van der Waals surface area contributed by atoms with Crippen molar-refractivity contribution in [3.05, 3.63) is 58.6 Å². The van der Waals surface area contributed by atoms with Crippen molar-refractivity contribution in [3.63, 3.8) is 0 Å². The van der Waals surface area contributed by atoms with Gasteiger partial charge in [0.1, 0.15) is 11.8 Å². The summed E-state index contributed by atoms with van der Waals surface area (Å²) in [5.74, 6) is -0.257. The fourth-order valence-electron chi connectivity index (χ4n) is 2.64. The first kappa shape index (κ1) is 20.8. The maximum Gasteiger partial charge on any atom is 0.255 e. The topological polar surface area (TPSA) is 67.4 Å². The number of nitrogens with one attached hydrogen (secondary N) is 2. The number of ether oxygens (including phenoxy) is 1. The van der Waals surface area contributed by atoms with Crippen LogP contribution in [0.1, 0.15) is 36.7 Å². The van der Waals surface area contributed by atoms with Gasteiger partial charge in [0.25, 0.3) is 5.91 Å². The Kier molecular flexibility index (Phi) is 7.25. The molecule has 144 valence electrons. The van der Waals surface area contributed by atoms with Crippen LogP contribution in [0.25, 0.3) is 0 Å². The highest BCUT2D eigenvalue weighted by atomic mass is 35.5. The lowest BCUT2D eigenvalue weighted by molar-refractivity contribution is -0.118. The molecular weight excluding hydrogens is 364 g/mol. The molecule has 5 nitrogen and oxygen atoms in total. The van der Waals surface area contributed by atoms with Crippen molar-refractivity contribution in [1.82, 2.24) is 5.32 Å². The lowest BCUT2D eigenvalue weighted by atomic mass is 10.0. The number of hydrogen-bond acceptors (Lipinski definition) is 3. The lowest BCUT2D eigenvalue weighted by Crippen LogP contribution is -2.47. The molecular formula is C21H25ClN2O3. The van der Waals surface area contributed by atoms with E-state index in [0.717, 1.165) is 5.56 Å². The zero-order valence-corrected chi connectivity index (χ0v) is 16.8. The highest BCUT2D eigenvalue weighted by molar-refractivity contribution is 6.31. The molecule has 0 unspecified atom stereocenters. The minimum Gasteiger partial charge on any atom is -0.493 e. The zero-order valence-electron chi connectivity index (χ0n) is 16.0. The van der Waals surface area contributed by atoms with Crippen LogP contribution < -0.4 is 15.4 Å². The number of anilines is 1. The molecule has 2 rings (SSSR count). The zero-order chi connectivity index (χ0) is 20.0. The minimum atomic E-state index is -0.703. The van der Waals surface area contributed by atoms with Gasteiger partial charge in [0.2, 0.25) is 5.91 Å². The number of hydrogen-bond donors (Lipinski definition) is 2. The summed E-state index contributed by atoms with van der Waals surface area (Å²) in [6, 6.07) is 11.6. The van der Waals surface area contributed by atoms with E-state index in [-0.39, 0.29) is 17.7 Å². The Bertz CT molecular complexity index is 821. The van der Waals surface area contributed by atoms with E-state index in [9.17, 15) is 9.59 Å². The minimum absolute atomic E-state index is 0.104. The Labute approximate surface area is 165 Å². The summed E-state index contributed by atoms with van der Waals surface area (Å²) >= 11 is 6.12. The van der Waals surface area contributed by atoms with E-state index in [1.54, 1.807) is 42.5 Å². The van der Waals surface area contributed by atoms with Crippen molar-refractivity contribution in [2.75, 3.05) is 11.9 Å². The fourth-order valence-corrected chi connectivity index (χ4v) is 2.82. The molecule has 0 heterocycles. The summed E-state index contributed by atoms with van der Waals surface area (Å²) in [5.41, 5.74) is 1.81. The quantitative estimate of drug-likeness (QED) is 0.736. The van der Waals surface area contributed by atoms with Gasteiger partial charge in [0.15, 0.2) is 0 Å². The standard InChI is InChI=1S/C21H25ClN2O3/c1-5-27-18-12-7-6-9-15(18)20(25)24-19(13(2)3)21(26)23-17-11-8-10-16(22)14(17)4/h6-13,19H,5H2,1-4H3,(H,23,26)(H,24,25)/t19-/m1/s1. The van der Waals surface area contributed by atoms with Crippen molar-refractivity contribution in [2.24, 2.45) is 5.92 Å². The van der Waals surface area contributed by atoms with Crippen LogP contribution in [0.15, 0.2) is 42.5 Å². The molecule has 0 aliphatic carbocycles. The highest BCUT2D eigenvalue weighted by Gasteiger charge is 2.26. The predicted octanol–water partition coefficient (Wildman–Crippen LogP) is 4.44. The molecule has 0 bridgehead atoms. The van der Waals surface area contributed by atoms with Gasteiger partial charge in [-0.2, -0.15) is 0 Å². The van der Waals surface area contributed by atoms with Gasteiger partial charge in [-0.25, -0.2) is 0 Å². The third kappa shape index (κ3) is 5.23. The molecule has 27 heavy (non-hydrogen) atoms. The van der Waals surface area contributed by atoms with Gasteiger partial charge >= 0.3 is 0 Å². The van der Waals surface area contributed by atoms with Crippen molar-refractivity contribution < 1.29 is 14.3 Å². The van der Waals surface area contributed by atoms with Crippen LogP contribution in [0.5, 0.6) is 5.75 Å². The average Bonchev–Trinajstić information content (AvgIpc) is 2.63. The van der Waals surface area contributed by atoms with Crippen LogP contribution in [0.3, 0.4) is 0 Å². The van der Waals surface area contributed by atoms with Crippen LogP contribution in [0, 0.1) is 12.8 Å². The van der Waals surface area contributed by atoms with E-state index < -0.39 is 6.04 Å². The van der Waals surface area contributed by atoms with E-state index in [0.29, 0.717) is 28.6 Å². The van der Waals surface area contributed by atoms with Gasteiger partial charge in [-0.3, -0.25) is 9.59 Å². The van der Waals surface area contributed by atoms with E-state index >= 15 is 0 Å². The van der Waals surface area contributed by atoms with Crippen LogP contribution in [-0.2, 0) is 4.79 Å². The molecule has 0 spiro atoms.